The van der Waals surface area contributed by atoms with Crippen LogP contribution in [0.1, 0.15) is 6.42 Å². The molecule has 0 spiro atoms. The number of ether oxygens (including phenoxy) is 1. The Morgan fingerprint density at radius 1 is 1.36 bits per heavy atom. The van der Waals surface area contributed by atoms with E-state index in [0.717, 1.165) is 0 Å². The van der Waals surface area contributed by atoms with E-state index in [9.17, 15) is 28.3 Å². The monoisotopic (exact) mass is 358 g/mol. The van der Waals surface area contributed by atoms with Crippen LogP contribution >= 0.6 is 11.8 Å². The van der Waals surface area contributed by atoms with Gasteiger partial charge in [-0.15, -0.1) is 6.58 Å². The van der Waals surface area contributed by atoms with Gasteiger partial charge < -0.3 is 29.7 Å². The van der Waals surface area contributed by atoms with Crippen LogP contribution in [0.4, 0.5) is 0 Å². The average molecular weight is 358 g/mol. The Morgan fingerprint density at radius 2 is 2.00 bits per heavy atom. The van der Waals surface area contributed by atoms with Crippen molar-refractivity contribution >= 4 is 27.2 Å². The Hall–Kier alpha value is -0.730. The Balaban J connectivity index is 2.85. The summed E-state index contributed by atoms with van der Waals surface area (Å²) in [6, 6.07) is 0. The van der Waals surface area contributed by atoms with Gasteiger partial charge in [-0.05, 0) is 0 Å². The maximum absolute atomic E-state index is 10.4. The number of aliphatic hydroxyl groups excluding tert-OH is 4. The van der Waals surface area contributed by atoms with Crippen LogP contribution in [0.25, 0.3) is 0 Å². The highest BCUT2D eigenvalue weighted by Gasteiger charge is 2.44. The van der Waals surface area contributed by atoms with E-state index < -0.39 is 46.9 Å². The minimum absolute atomic E-state index is 0.00475. The maximum Gasteiger partial charge on any atom is 0.284 e. The van der Waals surface area contributed by atoms with E-state index in [1.807, 2.05) is 0 Å². The smallest absolute Gasteiger partial charge is 0.284 e. The largest absolute Gasteiger partial charge is 0.714 e. The lowest BCUT2D eigenvalue weighted by Crippen LogP contribution is -2.57. The van der Waals surface area contributed by atoms with E-state index in [1.165, 1.54) is 6.08 Å². The molecule has 0 aromatic carbocycles. The van der Waals surface area contributed by atoms with Crippen molar-refractivity contribution in [1.29, 1.82) is 0 Å². The van der Waals surface area contributed by atoms with Gasteiger partial charge in [0, 0.05) is 6.42 Å². The van der Waals surface area contributed by atoms with Crippen molar-refractivity contribution in [3.63, 3.8) is 0 Å². The summed E-state index contributed by atoms with van der Waals surface area (Å²) in [7, 11) is -5.04. The molecular formula is C10H16NO9S2-. The van der Waals surface area contributed by atoms with Crippen LogP contribution in [0, 0.1) is 0 Å². The van der Waals surface area contributed by atoms with Gasteiger partial charge in [0.2, 0.25) is 0 Å². The predicted molar refractivity (Wildman–Crippen MR) is 74.4 cm³/mol. The van der Waals surface area contributed by atoms with Crippen LogP contribution in [0.15, 0.2) is 17.8 Å². The number of oxime groups is 1. The maximum atomic E-state index is 10.4. The molecule has 1 heterocycles. The van der Waals surface area contributed by atoms with Crippen LogP contribution < -0.4 is 0 Å². The molecule has 10 nitrogen and oxygen atoms in total. The fourth-order valence-corrected chi connectivity index (χ4v) is 2.91. The van der Waals surface area contributed by atoms with Crippen molar-refractivity contribution in [1.82, 2.24) is 0 Å². The fraction of sp³-hybridized carbons (Fsp3) is 0.700. The number of allylic oxidation sites excluding steroid dienone is 1. The molecule has 0 bridgehead atoms. The Kier molecular flexibility index (Phi) is 7.21. The van der Waals surface area contributed by atoms with Crippen molar-refractivity contribution in [3.05, 3.63) is 12.7 Å². The second kappa shape index (κ2) is 8.21. The molecule has 1 aliphatic heterocycles. The van der Waals surface area contributed by atoms with Gasteiger partial charge in [-0.2, -0.15) is 8.42 Å². The molecule has 1 aliphatic rings. The SMILES string of the molecule is C=CCC(=NOS(=O)(=O)[O-])S[C@@H]1O[C@H](CO)[C@@H](O)[C@H](O)[C@H]1O. The normalized spacial score (nSPS) is 33.5. The first-order chi connectivity index (χ1) is 10.2. The second-order valence-electron chi connectivity index (χ2n) is 4.28. The quantitative estimate of drug-likeness (QED) is 0.103. The second-order valence-corrected chi connectivity index (χ2v) is 6.41. The number of hydrogen-bond acceptors (Lipinski definition) is 11. The molecule has 1 saturated heterocycles. The van der Waals surface area contributed by atoms with Crippen LogP contribution in [-0.4, -0.2) is 74.9 Å². The molecule has 1 fully saturated rings. The van der Waals surface area contributed by atoms with Crippen molar-refractivity contribution in [2.24, 2.45) is 5.16 Å². The van der Waals surface area contributed by atoms with Gasteiger partial charge in [0.25, 0.3) is 10.4 Å². The van der Waals surface area contributed by atoms with Crippen molar-refractivity contribution in [3.8, 4) is 0 Å². The lowest BCUT2D eigenvalue weighted by molar-refractivity contribution is -0.205. The van der Waals surface area contributed by atoms with Gasteiger partial charge in [-0.1, -0.05) is 23.0 Å². The summed E-state index contributed by atoms with van der Waals surface area (Å²) < 4.78 is 40.1. The number of aliphatic hydroxyl groups is 4. The minimum atomic E-state index is -5.04. The zero-order chi connectivity index (χ0) is 16.9. The molecule has 5 atom stereocenters. The lowest BCUT2D eigenvalue weighted by Gasteiger charge is -2.39. The number of thioether (sulfide) groups is 1. The Morgan fingerprint density at radius 3 is 2.50 bits per heavy atom. The van der Waals surface area contributed by atoms with Crippen LogP contribution in [0.2, 0.25) is 0 Å². The van der Waals surface area contributed by atoms with Crippen LogP contribution in [-0.2, 0) is 19.4 Å². The molecule has 0 unspecified atom stereocenters. The van der Waals surface area contributed by atoms with Gasteiger partial charge in [-0.3, -0.25) is 4.28 Å². The number of nitrogens with zero attached hydrogens (tertiary/aromatic N) is 1. The highest BCUT2D eigenvalue weighted by atomic mass is 32.3. The molecule has 1 rings (SSSR count). The molecule has 128 valence electrons. The van der Waals surface area contributed by atoms with Crippen molar-refractivity contribution < 1.29 is 42.4 Å². The Bertz CT molecular complexity index is 507. The molecule has 0 radical (unpaired) electrons. The van der Waals surface area contributed by atoms with Crippen molar-refractivity contribution in [2.75, 3.05) is 6.61 Å². The fourth-order valence-electron chi connectivity index (χ4n) is 1.62. The molecule has 22 heavy (non-hydrogen) atoms. The van der Waals surface area contributed by atoms with Gasteiger partial charge in [0.05, 0.1) is 6.61 Å². The zero-order valence-electron chi connectivity index (χ0n) is 11.2. The summed E-state index contributed by atoms with van der Waals surface area (Å²) >= 11 is 0.660. The molecule has 0 aromatic heterocycles. The van der Waals surface area contributed by atoms with Crippen molar-refractivity contribution in [2.45, 2.75) is 36.3 Å². The van der Waals surface area contributed by atoms with E-state index in [4.69, 9.17) is 9.84 Å². The first kappa shape index (κ1) is 19.3. The van der Waals surface area contributed by atoms with E-state index in [2.05, 4.69) is 16.0 Å². The van der Waals surface area contributed by atoms with E-state index in [0.29, 0.717) is 11.8 Å². The lowest BCUT2D eigenvalue weighted by atomic mass is 10.0. The first-order valence-electron chi connectivity index (χ1n) is 5.99. The van der Waals surface area contributed by atoms with Gasteiger partial charge in [0.1, 0.15) is 34.9 Å². The number of hydrogen-bond donors (Lipinski definition) is 4. The molecule has 0 saturated carbocycles. The third-order valence-electron chi connectivity index (χ3n) is 2.65. The first-order valence-corrected chi connectivity index (χ1v) is 8.20. The third kappa shape index (κ3) is 5.48. The van der Waals surface area contributed by atoms with Crippen LogP contribution in [0.3, 0.4) is 0 Å². The number of rotatable bonds is 6. The molecule has 12 heteroatoms. The summed E-state index contributed by atoms with van der Waals surface area (Å²) in [5.41, 5.74) is -1.17. The zero-order valence-corrected chi connectivity index (χ0v) is 12.8. The van der Waals surface area contributed by atoms with E-state index >= 15 is 0 Å². The van der Waals surface area contributed by atoms with Crippen LogP contribution in [0.5, 0.6) is 0 Å². The third-order valence-corrected chi connectivity index (χ3v) is 4.04. The summed E-state index contributed by atoms with van der Waals surface area (Å²) in [6.07, 6.45) is -4.44. The molecule has 0 amide bonds. The van der Waals surface area contributed by atoms with Gasteiger partial charge >= 0.3 is 0 Å². The van der Waals surface area contributed by atoms with Gasteiger partial charge in [0.15, 0.2) is 0 Å². The van der Waals surface area contributed by atoms with E-state index in [1.54, 1.807) is 0 Å². The standard InChI is InChI=1S/C10H17NO9S2/c1-2-3-6(11-20-22(16,17)18)21-10-9(15)8(14)7(13)5(4-12)19-10/h2,5,7-10,12-15H,1,3-4H2,(H,16,17,18)/p-1/t5-,7-,8+,9-,10+/m1/s1. The highest BCUT2D eigenvalue weighted by molar-refractivity contribution is 8.14. The summed E-state index contributed by atoms with van der Waals surface area (Å²) in [5, 5.41) is 41.2. The minimum Gasteiger partial charge on any atom is -0.714 e. The summed E-state index contributed by atoms with van der Waals surface area (Å²) in [6.45, 7) is 2.80. The summed E-state index contributed by atoms with van der Waals surface area (Å²) in [4.78, 5) is 0. The Labute approximate surface area is 131 Å². The average Bonchev–Trinajstić information content (AvgIpc) is 2.44. The molecule has 4 N–H and O–H groups in total. The molecule has 0 aromatic rings. The van der Waals surface area contributed by atoms with E-state index in [-0.39, 0.29) is 11.5 Å². The summed E-state index contributed by atoms with van der Waals surface area (Å²) in [5.74, 6) is 0. The predicted octanol–water partition coefficient (Wildman–Crippen LogP) is -2.11. The highest BCUT2D eigenvalue weighted by Crippen LogP contribution is 2.30. The molecule has 0 aliphatic carbocycles. The topological polar surface area (TPSA) is 169 Å². The molecular weight excluding hydrogens is 342 g/mol. The van der Waals surface area contributed by atoms with Gasteiger partial charge in [-0.25, -0.2) is 0 Å².